The highest BCUT2D eigenvalue weighted by Gasteiger charge is 2.13. The van der Waals surface area contributed by atoms with Crippen molar-refractivity contribution >= 4 is 22.0 Å². The average Bonchev–Trinajstić information content (AvgIpc) is 2.98. The Hall–Kier alpha value is -1.95. The monoisotopic (exact) mass is 259 g/mol. The highest BCUT2D eigenvalue weighted by atomic mass is 32.1. The Labute approximate surface area is 108 Å². The van der Waals surface area contributed by atoms with E-state index >= 15 is 0 Å². The van der Waals surface area contributed by atoms with Crippen LogP contribution < -0.4 is 5.32 Å². The van der Waals surface area contributed by atoms with E-state index in [2.05, 4.69) is 33.6 Å². The van der Waals surface area contributed by atoms with Gasteiger partial charge in [-0.15, -0.1) is 10.2 Å². The van der Waals surface area contributed by atoms with Gasteiger partial charge < -0.3 is 5.32 Å². The molecule has 0 amide bonds. The first-order chi connectivity index (χ1) is 8.83. The molecule has 0 saturated heterocycles. The zero-order valence-electron chi connectivity index (χ0n) is 10.2. The van der Waals surface area contributed by atoms with E-state index in [0.29, 0.717) is 0 Å². The molecule has 0 aliphatic carbocycles. The van der Waals surface area contributed by atoms with E-state index in [-0.39, 0.29) is 0 Å². The summed E-state index contributed by atoms with van der Waals surface area (Å²) < 4.78 is 1.83. The molecule has 3 aromatic rings. The first-order valence-corrected chi connectivity index (χ1v) is 6.63. The number of nitrogens with one attached hydrogen (secondary N) is 1. The Bertz CT molecular complexity index is 685. The smallest absolute Gasteiger partial charge is 0.234 e. The second-order valence-corrected chi connectivity index (χ2v) is 4.82. The molecule has 2 heterocycles. The predicted octanol–water partition coefficient (Wildman–Crippen LogP) is 2.46. The van der Waals surface area contributed by atoms with Crippen LogP contribution in [-0.4, -0.2) is 26.9 Å². The lowest BCUT2D eigenvalue weighted by molar-refractivity contribution is 0.838. The lowest BCUT2D eigenvalue weighted by Gasteiger charge is -2.04. The van der Waals surface area contributed by atoms with Crippen molar-refractivity contribution in [3.05, 3.63) is 30.1 Å². The summed E-state index contributed by atoms with van der Waals surface area (Å²) in [4.78, 5) is 0.841. The molecule has 0 aliphatic rings. The molecule has 2 aromatic heterocycles. The Balaban J connectivity index is 2.16. The van der Waals surface area contributed by atoms with E-state index < -0.39 is 0 Å². The Morgan fingerprint density at radius 3 is 2.89 bits per heavy atom. The Morgan fingerprint density at radius 1 is 1.28 bits per heavy atom. The summed E-state index contributed by atoms with van der Waals surface area (Å²) in [5.74, 6) is 0.898. The number of para-hydroxylation sites is 1. The van der Waals surface area contributed by atoms with Crippen LogP contribution in [0.15, 0.2) is 24.3 Å². The van der Waals surface area contributed by atoms with Gasteiger partial charge in [-0.1, -0.05) is 30.4 Å². The van der Waals surface area contributed by atoms with Crippen LogP contribution in [0.2, 0.25) is 0 Å². The van der Waals surface area contributed by atoms with Crippen molar-refractivity contribution in [1.29, 1.82) is 0 Å². The van der Waals surface area contributed by atoms with Gasteiger partial charge in [-0.2, -0.15) is 9.61 Å². The van der Waals surface area contributed by atoms with E-state index in [4.69, 9.17) is 0 Å². The lowest BCUT2D eigenvalue weighted by Crippen LogP contribution is -1.95. The topological polar surface area (TPSA) is 55.1 Å². The van der Waals surface area contributed by atoms with Crippen molar-refractivity contribution in [3.63, 3.8) is 0 Å². The lowest BCUT2D eigenvalue weighted by atomic mass is 10.2. The third-order valence-corrected chi connectivity index (χ3v) is 3.73. The van der Waals surface area contributed by atoms with Crippen LogP contribution in [0, 0.1) is 0 Å². The molecule has 1 aromatic carbocycles. The van der Waals surface area contributed by atoms with Crippen molar-refractivity contribution in [2.75, 3.05) is 12.4 Å². The number of hydrogen-bond donors (Lipinski definition) is 1. The molecular formula is C12H13N5S. The number of nitrogens with zero attached hydrogens (tertiary/aromatic N) is 4. The van der Waals surface area contributed by atoms with E-state index in [0.717, 1.165) is 33.5 Å². The highest BCUT2D eigenvalue weighted by Crippen LogP contribution is 2.31. The maximum atomic E-state index is 4.59. The third kappa shape index (κ3) is 1.65. The Morgan fingerprint density at radius 2 is 2.11 bits per heavy atom. The number of benzene rings is 1. The molecule has 0 atom stereocenters. The summed E-state index contributed by atoms with van der Waals surface area (Å²) >= 11 is 1.55. The van der Waals surface area contributed by atoms with Crippen LogP contribution in [0.4, 0.5) is 5.69 Å². The van der Waals surface area contributed by atoms with E-state index in [1.807, 2.05) is 29.8 Å². The summed E-state index contributed by atoms with van der Waals surface area (Å²) in [6.07, 6.45) is 0.831. The largest absolute Gasteiger partial charge is 0.388 e. The normalized spacial score (nSPS) is 11.0. The molecule has 0 radical (unpaired) electrons. The number of aromatic nitrogens is 4. The van der Waals surface area contributed by atoms with Crippen LogP contribution in [0.1, 0.15) is 12.7 Å². The zero-order valence-corrected chi connectivity index (χ0v) is 11.0. The van der Waals surface area contributed by atoms with Crippen LogP contribution in [0.3, 0.4) is 0 Å². The SMILES string of the molecule is CCc1nnc2sc(-c3ccccc3NC)nn12. The summed E-state index contributed by atoms with van der Waals surface area (Å²) in [6.45, 7) is 2.05. The van der Waals surface area contributed by atoms with Gasteiger partial charge in [0.25, 0.3) is 0 Å². The standard InChI is InChI=1S/C12H13N5S/c1-3-10-14-15-12-17(10)16-11(18-12)8-6-4-5-7-9(8)13-2/h4-7,13H,3H2,1-2H3. The van der Waals surface area contributed by atoms with Crippen LogP contribution in [0.5, 0.6) is 0 Å². The molecule has 0 bridgehead atoms. The average molecular weight is 259 g/mol. The van der Waals surface area contributed by atoms with Gasteiger partial charge in [0, 0.05) is 24.7 Å². The molecular weight excluding hydrogens is 246 g/mol. The van der Waals surface area contributed by atoms with E-state index in [9.17, 15) is 0 Å². The molecule has 5 nitrogen and oxygen atoms in total. The minimum absolute atomic E-state index is 0.831. The quantitative estimate of drug-likeness (QED) is 0.785. The molecule has 0 aliphatic heterocycles. The minimum atomic E-state index is 0.831. The second kappa shape index (κ2) is 4.38. The van der Waals surface area contributed by atoms with Crippen LogP contribution >= 0.6 is 11.3 Å². The van der Waals surface area contributed by atoms with Gasteiger partial charge in [-0.05, 0) is 12.1 Å². The van der Waals surface area contributed by atoms with E-state index in [1.54, 1.807) is 11.3 Å². The fourth-order valence-corrected chi connectivity index (χ4v) is 2.77. The summed E-state index contributed by atoms with van der Waals surface area (Å²) in [7, 11) is 1.91. The van der Waals surface area contributed by atoms with Crippen LogP contribution in [-0.2, 0) is 6.42 Å². The molecule has 0 spiro atoms. The highest BCUT2D eigenvalue weighted by molar-refractivity contribution is 7.19. The van der Waals surface area contributed by atoms with Gasteiger partial charge in [-0.25, -0.2) is 0 Å². The third-order valence-electron chi connectivity index (χ3n) is 2.80. The second-order valence-electron chi connectivity index (χ2n) is 3.87. The zero-order chi connectivity index (χ0) is 12.5. The van der Waals surface area contributed by atoms with Crippen molar-refractivity contribution in [2.24, 2.45) is 0 Å². The summed E-state index contributed by atoms with van der Waals surface area (Å²) in [5.41, 5.74) is 2.16. The van der Waals surface area contributed by atoms with Gasteiger partial charge in [0.15, 0.2) is 5.82 Å². The van der Waals surface area contributed by atoms with Crippen LogP contribution in [0.25, 0.3) is 15.5 Å². The van der Waals surface area contributed by atoms with Crippen molar-refractivity contribution < 1.29 is 0 Å². The molecule has 3 rings (SSSR count). The summed E-state index contributed by atoms with van der Waals surface area (Å²) in [6, 6.07) is 8.12. The van der Waals surface area contributed by atoms with Gasteiger partial charge in [0.05, 0.1) is 0 Å². The fraction of sp³-hybridized carbons (Fsp3) is 0.250. The van der Waals surface area contributed by atoms with Crippen molar-refractivity contribution in [2.45, 2.75) is 13.3 Å². The number of rotatable bonds is 3. The van der Waals surface area contributed by atoms with E-state index in [1.165, 1.54) is 0 Å². The fourth-order valence-electron chi connectivity index (χ4n) is 1.87. The number of fused-ring (bicyclic) bond motifs is 1. The van der Waals surface area contributed by atoms with Crippen molar-refractivity contribution in [1.82, 2.24) is 19.8 Å². The summed E-state index contributed by atoms with van der Waals surface area (Å²) in [5, 5.41) is 17.0. The van der Waals surface area contributed by atoms with Gasteiger partial charge in [0.1, 0.15) is 5.01 Å². The maximum Gasteiger partial charge on any atom is 0.234 e. The minimum Gasteiger partial charge on any atom is -0.388 e. The molecule has 0 fully saturated rings. The molecule has 1 N–H and O–H groups in total. The molecule has 18 heavy (non-hydrogen) atoms. The number of aryl methyl sites for hydroxylation is 1. The molecule has 6 heteroatoms. The Kier molecular flexibility index (Phi) is 2.71. The number of anilines is 1. The molecule has 92 valence electrons. The molecule has 0 saturated carbocycles. The maximum absolute atomic E-state index is 4.59. The van der Waals surface area contributed by atoms with Gasteiger partial charge in [-0.3, -0.25) is 0 Å². The van der Waals surface area contributed by atoms with Gasteiger partial charge >= 0.3 is 0 Å². The first-order valence-electron chi connectivity index (χ1n) is 5.81. The van der Waals surface area contributed by atoms with Crippen molar-refractivity contribution in [3.8, 4) is 10.6 Å². The predicted molar refractivity (Wildman–Crippen MR) is 73.0 cm³/mol. The first kappa shape index (κ1) is 11.2. The van der Waals surface area contributed by atoms with Gasteiger partial charge in [0.2, 0.25) is 4.96 Å². The number of hydrogen-bond acceptors (Lipinski definition) is 5. The molecule has 0 unspecified atom stereocenters.